The molecule has 3 nitrogen and oxygen atoms in total. The van der Waals surface area contributed by atoms with E-state index in [0.29, 0.717) is 12.1 Å². The van der Waals surface area contributed by atoms with Crippen molar-refractivity contribution in [1.29, 1.82) is 0 Å². The predicted octanol–water partition coefficient (Wildman–Crippen LogP) is 4.32. The van der Waals surface area contributed by atoms with Crippen LogP contribution < -0.4 is 0 Å². The Bertz CT molecular complexity index is 767. The molecule has 2 aromatic carbocycles. The summed E-state index contributed by atoms with van der Waals surface area (Å²) in [5, 5.41) is 0. The fraction of sp³-hybridized carbons (Fsp3) is 0.333. The maximum atomic E-state index is 14.3. The van der Waals surface area contributed by atoms with Gasteiger partial charge in [0.05, 0.1) is 11.6 Å². The molecule has 1 heterocycles. The number of likely N-dealkylation sites (tertiary alicyclic amines) is 1. The normalized spacial score (nSPS) is 20.4. The number of hydrogen-bond acceptors (Lipinski definition) is 2. The summed E-state index contributed by atoms with van der Waals surface area (Å²) in [5.74, 6) is -1.04. The maximum Gasteiger partial charge on any atom is 0.257 e. The average molecular weight is 339 g/mol. The van der Waals surface area contributed by atoms with Crippen molar-refractivity contribution in [2.24, 2.45) is 5.92 Å². The standard InChI is InChI=1S/C21H22FNO2/c1-14-8-6-12-18(22)19(14)21(25)23-13-7-11-17(15(2)24)20(23)16-9-4-3-5-10-16/h3-6,8-10,12,17,20H,7,11,13H2,1-2H3. The molecule has 0 N–H and O–H groups in total. The molecule has 0 spiro atoms. The van der Waals surface area contributed by atoms with Gasteiger partial charge >= 0.3 is 0 Å². The molecular formula is C21H22FNO2. The number of hydrogen-bond donors (Lipinski definition) is 0. The number of carbonyl (C=O) groups is 2. The zero-order chi connectivity index (χ0) is 18.0. The van der Waals surface area contributed by atoms with Crippen LogP contribution in [0.5, 0.6) is 0 Å². The lowest BCUT2D eigenvalue weighted by Gasteiger charge is -2.41. The largest absolute Gasteiger partial charge is 0.331 e. The molecule has 2 atom stereocenters. The van der Waals surface area contributed by atoms with E-state index in [-0.39, 0.29) is 29.2 Å². The Morgan fingerprint density at radius 1 is 1.08 bits per heavy atom. The van der Waals surface area contributed by atoms with Crippen LogP contribution in [0.4, 0.5) is 4.39 Å². The Labute approximate surface area is 147 Å². The molecule has 2 unspecified atom stereocenters. The van der Waals surface area contributed by atoms with E-state index < -0.39 is 5.82 Å². The van der Waals surface area contributed by atoms with Crippen LogP contribution in [-0.4, -0.2) is 23.1 Å². The Morgan fingerprint density at radius 2 is 1.80 bits per heavy atom. The quantitative estimate of drug-likeness (QED) is 0.835. The van der Waals surface area contributed by atoms with Gasteiger partial charge in [-0.3, -0.25) is 9.59 Å². The Balaban J connectivity index is 2.05. The molecule has 0 bridgehead atoms. The van der Waals surface area contributed by atoms with Gasteiger partial charge in [-0.1, -0.05) is 42.5 Å². The molecule has 0 saturated carbocycles. The third-order valence-electron chi connectivity index (χ3n) is 4.99. The second-order valence-corrected chi connectivity index (χ2v) is 6.65. The van der Waals surface area contributed by atoms with Crippen LogP contribution in [0.15, 0.2) is 48.5 Å². The lowest BCUT2D eigenvalue weighted by molar-refractivity contribution is -0.124. The van der Waals surface area contributed by atoms with E-state index in [4.69, 9.17) is 0 Å². The second-order valence-electron chi connectivity index (χ2n) is 6.65. The van der Waals surface area contributed by atoms with Gasteiger partial charge < -0.3 is 4.90 Å². The molecule has 4 heteroatoms. The third-order valence-corrected chi connectivity index (χ3v) is 4.99. The number of rotatable bonds is 3. The van der Waals surface area contributed by atoms with E-state index in [0.717, 1.165) is 18.4 Å². The highest BCUT2D eigenvalue weighted by atomic mass is 19.1. The summed E-state index contributed by atoms with van der Waals surface area (Å²) >= 11 is 0. The van der Waals surface area contributed by atoms with E-state index in [2.05, 4.69) is 0 Å². The molecule has 1 amide bonds. The molecule has 1 fully saturated rings. The number of amides is 1. The van der Waals surface area contributed by atoms with E-state index in [1.807, 2.05) is 30.3 Å². The summed E-state index contributed by atoms with van der Waals surface area (Å²) in [4.78, 5) is 27.1. The summed E-state index contributed by atoms with van der Waals surface area (Å²) < 4.78 is 14.3. The first-order valence-electron chi connectivity index (χ1n) is 8.62. The second kappa shape index (κ2) is 7.18. The lowest BCUT2D eigenvalue weighted by atomic mass is 9.82. The van der Waals surface area contributed by atoms with Crippen molar-refractivity contribution in [2.75, 3.05) is 6.54 Å². The molecule has 2 aromatic rings. The van der Waals surface area contributed by atoms with Crippen molar-refractivity contribution >= 4 is 11.7 Å². The summed E-state index contributed by atoms with van der Waals surface area (Å²) in [6, 6.07) is 13.9. The average Bonchev–Trinajstić information content (AvgIpc) is 2.61. The van der Waals surface area contributed by atoms with Gasteiger partial charge in [0.25, 0.3) is 5.91 Å². The molecule has 1 saturated heterocycles. The fourth-order valence-corrected chi connectivity index (χ4v) is 3.76. The maximum absolute atomic E-state index is 14.3. The number of ketones is 1. The molecule has 0 aliphatic carbocycles. The van der Waals surface area contributed by atoms with Gasteiger partial charge in [-0.2, -0.15) is 0 Å². The zero-order valence-corrected chi connectivity index (χ0v) is 14.5. The molecule has 0 radical (unpaired) electrons. The smallest absolute Gasteiger partial charge is 0.257 e. The number of aryl methyl sites for hydroxylation is 1. The molecular weight excluding hydrogens is 317 g/mol. The highest BCUT2D eigenvalue weighted by Gasteiger charge is 2.38. The summed E-state index contributed by atoms with van der Waals surface area (Å²) in [7, 11) is 0. The van der Waals surface area contributed by atoms with Gasteiger partial charge in [0, 0.05) is 12.5 Å². The van der Waals surface area contributed by atoms with E-state index in [1.165, 1.54) is 6.07 Å². The van der Waals surface area contributed by atoms with Crippen LogP contribution >= 0.6 is 0 Å². The van der Waals surface area contributed by atoms with Crippen molar-refractivity contribution in [3.63, 3.8) is 0 Å². The first kappa shape index (κ1) is 17.3. The lowest BCUT2D eigenvalue weighted by Crippen LogP contribution is -2.45. The number of benzene rings is 2. The van der Waals surface area contributed by atoms with Crippen LogP contribution in [0.2, 0.25) is 0 Å². The van der Waals surface area contributed by atoms with Crippen molar-refractivity contribution in [3.8, 4) is 0 Å². The fourth-order valence-electron chi connectivity index (χ4n) is 3.76. The Kier molecular flexibility index (Phi) is 4.98. The van der Waals surface area contributed by atoms with E-state index in [9.17, 15) is 14.0 Å². The van der Waals surface area contributed by atoms with Gasteiger partial charge in [-0.15, -0.1) is 0 Å². The molecule has 0 aromatic heterocycles. The summed E-state index contributed by atoms with van der Waals surface area (Å²) in [6.07, 6.45) is 1.49. The van der Waals surface area contributed by atoms with Crippen LogP contribution in [-0.2, 0) is 4.79 Å². The van der Waals surface area contributed by atoms with Crippen LogP contribution in [0.1, 0.15) is 47.3 Å². The van der Waals surface area contributed by atoms with E-state index in [1.54, 1.807) is 30.9 Å². The third kappa shape index (κ3) is 3.34. The van der Waals surface area contributed by atoms with Gasteiger partial charge in [0.2, 0.25) is 0 Å². The van der Waals surface area contributed by atoms with E-state index >= 15 is 0 Å². The highest BCUT2D eigenvalue weighted by Crippen LogP contribution is 2.38. The Morgan fingerprint density at radius 3 is 2.44 bits per heavy atom. The highest BCUT2D eigenvalue weighted by molar-refractivity contribution is 5.96. The summed E-state index contributed by atoms with van der Waals surface area (Å²) in [5.41, 5.74) is 1.64. The molecule has 1 aliphatic heterocycles. The number of carbonyl (C=O) groups excluding carboxylic acids is 2. The van der Waals surface area contributed by atoms with Crippen molar-refractivity contribution in [3.05, 3.63) is 71.0 Å². The minimum atomic E-state index is -0.512. The Hall–Kier alpha value is -2.49. The number of halogens is 1. The SMILES string of the molecule is CC(=O)C1CCCN(C(=O)c2c(C)cccc2F)C1c1ccccc1. The van der Waals surface area contributed by atoms with Gasteiger partial charge in [-0.05, 0) is 43.9 Å². The van der Waals surface area contributed by atoms with Gasteiger partial charge in [-0.25, -0.2) is 4.39 Å². The van der Waals surface area contributed by atoms with Crippen molar-refractivity contribution in [1.82, 2.24) is 4.90 Å². The zero-order valence-electron chi connectivity index (χ0n) is 14.5. The predicted molar refractivity (Wildman–Crippen MR) is 94.8 cm³/mol. The van der Waals surface area contributed by atoms with Gasteiger partial charge in [0.15, 0.2) is 0 Å². The minimum absolute atomic E-state index is 0.0663. The molecule has 25 heavy (non-hydrogen) atoms. The first-order chi connectivity index (χ1) is 12.0. The van der Waals surface area contributed by atoms with Crippen LogP contribution in [0, 0.1) is 18.7 Å². The summed E-state index contributed by atoms with van der Waals surface area (Å²) in [6.45, 7) is 3.83. The molecule has 1 aliphatic rings. The number of nitrogens with zero attached hydrogens (tertiary/aromatic N) is 1. The van der Waals surface area contributed by atoms with Crippen molar-refractivity contribution in [2.45, 2.75) is 32.7 Å². The van der Waals surface area contributed by atoms with Crippen LogP contribution in [0.25, 0.3) is 0 Å². The topological polar surface area (TPSA) is 37.4 Å². The first-order valence-corrected chi connectivity index (χ1v) is 8.62. The minimum Gasteiger partial charge on any atom is -0.331 e. The van der Waals surface area contributed by atoms with Gasteiger partial charge in [0.1, 0.15) is 11.6 Å². The number of piperidine rings is 1. The van der Waals surface area contributed by atoms with Crippen LogP contribution in [0.3, 0.4) is 0 Å². The van der Waals surface area contributed by atoms with Crippen molar-refractivity contribution < 1.29 is 14.0 Å². The molecule has 3 rings (SSSR count). The number of Topliss-reactive ketones (excluding diaryl/α,β-unsaturated/α-hetero) is 1. The monoisotopic (exact) mass is 339 g/mol. The molecule has 130 valence electrons.